The normalized spacial score (nSPS) is 11.2. The van der Waals surface area contributed by atoms with E-state index in [9.17, 15) is 4.79 Å². The number of rotatable bonds is 6. The Hall–Kier alpha value is -2.28. The smallest absolute Gasteiger partial charge is 0.410 e. The Kier molecular flexibility index (Phi) is 6.85. The number of aromatic nitrogens is 2. The summed E-state index contributed by atoms with van der Waals surface area (Å²) in [6.45, 7) is 6.16. The van der Waals surface area contributed by atoms with Crippen molar-refractivity contribution in [3.8, 4) is 0 Å². The van der Waals surface area contributed by atoms with Crippen LogP contribution in [0.3, 0.4) is 0 Å². The maximum Gasteiger partial charge on any atom is 0.410 e. The summed E-state index contributed by atoms with van der Waals surface area (Å²) in [5, 5.41) is 0.889. The van der Waals surface area contributed by atoms with Crippen molar-refractivity contribution in [2.45, 2.75) is 49.1 Å². The van der Waals surface area contributed by atoms with Crippen LogP contribution in [0.5, 0.6) is 0 Å². The number of ether oxygens (including phenoxy) is 1. The van der Waals surface area contributed by atoms with Crippen LogP contribution in [0.2, 0.25) is 0 Å². The van der Waals surface area contributed by atoms with E-state index in [0.717, 1.165) is 27.9 Å². The van der Waals surface area contributed by atoms with Crippen LogP contribution >= 0.6 is 11.8 Å². The lowest BCUT2D eigenvalue weighted by Gasteiger charge is -2.24. The van der Waals surface area contributed by atoms with Crippen molar-refractivity contribution >= 4 is 23.5 Å². The molecule has 1 aromatic carbocycles. The largest absolute Gasteiger partial charge is 0.444 e. The highest BCUT2D eigenvalue weighted by molar-refractivity contribution is 7.99. The van der Waals surface area contributed by atoms with E-state index in [0.29, 0.717) is 13.0 Å². The number of hydrogen-bond donors (Lipinski definition) is 1. The van der Waals surface area contributed by atoms with Gasteiger partial charge in [0.15, 0.2) is 0 Å². The number of nitrogens with zero attached hydrogens (tertiary/aromatic N) is 3. The molecule has 0 saturated carbocycles. The number of nitrogens with two attached hydrogens (primary N) is 1. The summed E-state index contributed by atoms with van der Waals surface area (Å²) in [6.07, 6.45) is 2.92. The zero-order chi connectivity index (χ0) is 19.2. The second kappa shape index (κ2) is 8.89. The summed E-state index contributed by atoms with van der Waals surface area (Å²) in [6, 6.07) is 9.57. The van der Waals surface area contributed by atoms with Gasteiger partial charge in [0.1, 0.15) is 16.5 Å². The SMILES string of the molecule is CN(CCCc1nccc(Sc2ccc(N)cc2)n1)C(=O)OC(C)(C)C. The number of aryl methyl sites for hydroxylation is 1. The fraction of sp³-hybridized carbons (Fsp3) is 0.421. The van der Waals surface area contributed by atoms with Gasteiger partial charge in [-0.05, 0) is 57.5 Å². The molecule has 0 atom stereocenters. The highest BCUT2D eigenvalue weighted by atomic mass is 32.2. The van der Waals surface area contributed by atoms with E-state index < -0.39 is 5.60 Å². The molecule has 26 heavy (non-hydrogen) atoms. The summed E-state index contributed by atoms with van der Waals surface area (Å²) in [5.74, 6) is 0.767. The topological polar surface area (TPSA) is 81.3 Å². The standard InChI is InChI=1S/C19H26N4O2S/c1-19(2,3)25-18(24)23(4)13-5-6-16-21-12-11-17(22-16)26-15-9-7-14(20)8-10-15/h7-12H,5-6,13,20H2,1-4H3. The van der Waals surface area contributed by atoms with E-state index >= 15 is 0 Å². The Morgan fingerprint density at radius 3 is 2.58 bits per heavy atom. The van der Waals surface area contributed by atoms with Gasteiger partial charge in [-0.3, -0.25) is 0 Å². The van der Waals surface area contributed by atoms with E-state index in [1.54, 1.807) is 29.9 Å². The summed E-state index contributed by atoms with van der Waals surface area (Å²) in [5.41, 5.74) is 5.97. The maximum absolute atomic E-state index is 11.9. The van der Waals surface area contributed by atoms with Gasteiger partial charge in [-0.2, -0.15) is 0 Å². The molecule has 7 heteroatoms. The lowest BCUT2D eigenvalue weighted by atomic mass is 10.2. The number of amides is 1. The van der Waals surface area contributed by atoms with Gasteiger partial charge in [-0.25, -0.2) is 14.8 Å². The van der Waals surface area contributed by atoms with Crippen LogP contribution in [0.4, 0.5) is 10.5 Å². The van der Waals surface area contributed by atoms with Gasteiger partial charge >= 0.3 is 6.09 Å². The number of hydrogen-bond acceptors (Lipinski definition) is 6. The molecule has 140 valence electrons. The van der Waals surface area contributed by atoms with E-state index in [4.69, 9.17) is 10.5 Å². The van der Waals surface area contributed by atoms with E-state index in [1.807, 2.05) is 51.1 Å². The van der Waals surface area contributed by atoms with Crippen molar-refractivity contribution in [2.75, 3.05) is 19.3 Å². The number of carbonyl (C=O) groups excluding carboxylic acids is 1. The Morgan fingerprint density at radius 2 is 1.92 bits per heavy atom. The molecule has 0 radical (unpaired) electrons. The first kappa shape index (κ1) is 20.0. The van der Waals surface area contributed by atoms with Gasteiger partial charge in [0.05, 0.1) is 0 Å². The van der Waals surface area contributed by atoms with Crippen molar-refractivity contribution in [1.82, 2.24) is 14.9 Å². The lowest BCUT2D eigenvalue weighted by Crippen LogP contribution is -2.34. The van der Waals surface area contributed by atoms with Gasteiger partial charge in [-0.1, -0.05) is 11.8 Å². The highest BCUT2D eigenvalue weighted by Crippen LogP contribution is 2.26. The minimum Gasteiger partial charge on any atom is -0.444 e. The Labute approximate surface area is 159 Å². The van der Waals surface area contributed by atoms with Crippen LogP contribution in [-0.4, -0.2) is 40.2 Å². The van der Waals surface area contributed by atoms with Crippen molar-refractivity contribution in [3.05, 3.63) is 42.4 Å². The van der Waals surface area contributed by atoms with Crippen LogP contribution in [-0.2, 0) is 11.2 Å². The van der Waals surface area contributed by atoms with E-state index in [1.165, 1.54) is 0 Å². The van der Waals surface area contributed by atoms with Gasteiger partial charge in [-0.15, -0.1) is 0 Å². The molecule has 2 N–H and O–H groups in total. The van der Waals surface area contributed by atoms with Gasteiger partial charge < -0.3 is 15.4 Å². The minimum atomic E-state index is -0.484. The summed E-state index contributed by atoms with van der Waals surface area (Å²) in [4.78, 5) is 23.5. The number of nitrogen functional groups attached to an aromatic ring is 1. The Bertz CT molecular complexity index is 729. The average molecular weight is 375 g/mol. The van der Waals surface area contributed by atoms with Crippen molar-refractivity contribution in [2.24, 2.45) is 0 Å². The van der Waals surface area contributed by atoms with Gasteiger partial charge in [0.25, 0.3) is 0 Å². The molecule has 0 unspecified atom stereocenters. The molecule has 2 aromatic rings. The molecule has 1 amide bonds. The van der Waals surface area contributed by atoms with Crippen LogP contribution in [0.25, 0.3) is 0 Å². The summed E-state index contributed by atoms with van der Waals surface area (Å²) in [7, 11) is 1.74. The minimum absolute atomic E-state index is 0.314. The second-order valence-corrected chi connectivity index (χ2v) is 8.08. The van der Waals surface area contributed by atoms with Crippen LogP contribution < -0.4 is 5.73 Å². The molecule has 0 aliphatic carbocycles. The van der Waals surface area contributed by atoms with E-state index in [2.05, 4.69) is 9.97 Å². The third-order valence-electron chi connectivity index (χ3n) is 3.38. The molecule has 0 aliphatic rings. The first-order valence-corrected chi connectivity index (χ1v) is 9.34. The zero-order valence-corrected chi connectivity index (χ0v) is 16.5. The molecule has 6 nitrogen and oxygen atoms in total. The average Bonchev–Trinajstić information content (AvgIpc) is 2.56. The second-order valence-electron chi connectivity index (χ2n) is 6.99. The Balaban J connectivity index is 1.84. The third kappa shape index (κ3) is 6.92. The first-order valence-electron chi connectivity index (χ1n) is 8.52. The van der Waals surface area contributed by atoms with Gasteiger partial charge in [0, 0.05) is 36.8 Å². The predicted molar refractivity (Wildman–Crippen MR) is 104 cm³/mol. The molecular weight excluding hydrogens is 348 g/mol. The highest BCUT2D eigenvalue weighted by Gasteiger charge is 2.19. The third-order valence-corrected chi connectivity index (χ3v) is 4.33. The van der Waals surface area contributed by atoms with Crippen LogP contribution in [0, 0.1) is 0 Å². The van der Waals surface area contributed by atoms with Gasteiger partial charge in [0.2, 0.25) is 0 Å². The van der Waals surface area contributed by atoms with Crippen molar-refractivity contribution in [3.63, 3.8) is 0 Å². The summed E-state index contributed by atoms with van der Waals surface area (Å²) >= 11 is 1.57. The summed E-state index contributed by atoms with van der Waals surface area (Å²) < 4.78 is 5.34. The molecule has 2 rings (SSSR count). The maximum atomic E-state index is 11.9. The lowest BCUT2D eigenvalue weighted by molar-refractivity contribution is 0.0297. The van der Waals surface area contributed by atoms with Crippen molar-refractivity contribution < 1.29 is 9.53 Å². The molecule has 0 aliphatic heterocycles. The number of benzene rings is 1. The zero-order valence-electron chi connectivity index (χ0n) is 15.7. The quantitative estimate of drug-likeness (QED) is 0.608. The molecule has 1 heterocycles. The van der Waals surface area contributed by atoms with Crippen LogP contribution in [0.15, 0.2) is 46.5 Å². The van der Waals surface area contributed by atoms with Crippen molar-refractivity contribution in [1.29, 1.82) is 0 Å². The fourth-order valence-electron chi connectivity index (χ4n) is 2.12. The monoisotopic (exact) mass is 374 g/mol. The molecule has 0 bridgehead atoms. The predicted octanol–water partition coefficient (Wildman–Crippen LogP) is 4.01. The number of carbonyl (C=O) groups is 1. The molecule has 1 aromatic heterocycles. The van der Waals surface area contributed by atoms with E-state index in [-0.39, 0.29) is 6.09 Å². The molecular formula is C19H26N4O2S. The fourth-order valence-corrected chi connectivity index (χ4v) is 2.91. The molecule has 0 fully saturated rings. The van der Waals surface area contributed by atoms with Crippen LogP contribution in [0.1, 0.15) is 33.0 Å². The number of anilines is 1. The molecule has 0 saturated heterocycles. The Morgan fingerprint density at radius 1 is 1.23 bits per heavy atom. The first-order chi connectivity index (χ1) is 12.2. The molecule has 0 spiro atoms.